The van der Waals surface area contributed by atoms with Gasteiger partial charge in [-0.2, -0.15) is 13.2 Å². The third-order valence-electron chi connectivity index (χ3n) is 6.03. The molecule has 2 aliphatic rings. The Morgan fingerprint density at radius 1 is 1.17 bits per heavy atom. The molecule has 12 heteroatoms. The lowest BCUT2D eigenvalue weighted by Gasteiger charge is -2.32. The van der Waals surface area contributed by atoms with Crippen molar-refractivity contribution in [2.24, 2.45) is 5.92 Å². The average molecular weight is 530 g/mol. The summed E-state index contributed by atoms with van der Waals surface area (Å²) >= 11 is -0.535. The summed E-state index contributed by atoms with van der Waals surface area (Å²) in [5.41, 5.74) is -3.68. The topological polar surface area (TPSA) is 79.5 Å². The molecule has 2 aromatic rings. The van der Waals surface area contributed by atoms with Gasteiger partial charge in [0, 0.05) is 6.42 Å². The molecule has 0 aromatic heterocycles. The number of carbonyl (C=O) groups excluding carboxylic acids is 2. The molecule has 2 unspecified atom stereocenters. The number of benzene rings is 2. The maximum absolute atomic E-state index is 14.4. The molecule has 1 saturated carbocycles. The lowest BCUT2D eigenvalue weighted by Crippen LogP contribution is -2.61. The van der Waals surface area contributed by atoms with Gasteiger partial charge < -0.3 is 15.4 Å². The van der Waals surface area contributed by atoms with E-state index in [-0.39, 0.29) is 30.4 Å². The van der Waals surface area contributed by atoms with Crippen molar-refractivity contribution in [1.82, 2.24) is 16.0 Å². The quantitative estimate of drug-likeness (QED) is 0.353. The van der Waals surface area contributed by atoms with Gasteiger partial charge in [0.15, 0.2) is 11.6 Å². The minimum absolute atomic E-state index is 0.0185. The zero-order valence-corrected chi connectivity index (χ0v) is 19.9. The van der Waals surface area contributed by atoms with Crippen LogP contribution >= 0.6 is 11.8 Å². The minimum Gasteiger partial charge on any atom is -0.494 e. The number of rotatable bonds is 8. The number of halogens is 5. The van der Waals surface area contributed by atoms with Gasteiger partial charge in [-0.05, 0) is 65.9 Å². The monoisotopic (exact) mass is 529 g/mol. The fourth-order valence-corrected chi connectivity index (χ4v) is 4.75. The molecular weight excluding hydrogens is 505 g/mol. The van der Waals surface area contributed by atoms with Crippen LogP contribution in [-0.2, 0) is 16.0 Å². The first-order valence-corrected chi connectivity index (χ1v) is 12.1. The Kier molecular flexibility index (Phi) is 7.74. The molecule has 1 aliphatic carbocycles. The normalized spacial score (nSPS) is 21.0. The molecule has 1 heterocycles. The Bertz CT molecular complexity index is 1140. The van der Waals surface area contributed by atoms with Crippen LogP contribution in [0.5, 0.6) is 5.75 Å². The Balaban J connectivity index is 1.43. The summed E-state index contributed by atoms with van der Waals surface area (Å²) < 4.78 is 71.2. The summed E-state index contributed by atoms with van der Waals surface area (Å²) in [5.74, 6) is -2.31. The first-order chi connectivity index (χ1) is 17.0. The summed E-state index contributed by atoms with van der Waals surface area (Å²) in [7, 11) is 1.35. The number of thioether (sulfide) groups is 1. The van der Waals surface area contributed by atoms with Crippen molar-refractivity contribution in [2.45, 2.75) is 54.3 Å². The predicted molar refractivity (Wildman–Crippen MR) is 122 cm³/mol. The van der Waals surface area contributed by atoms with Crippen LogP contribution in [0.4, 0.5) is 22.0 Å². The number of hydrogen-bond donors (Lipinski definition) is 3. The summed E-state index contributed by atoms with van der Waals surface area (Å²) in [6.45, 7) is 0. The van der Waals surface area contributed by atoms with Crippen molar-refractivity contribution in [3.05, 3.63) is 59.2 Å². The molecular formula is C24H24F5N3O3S. The van der Waals surface area contributed by atoms with Crippen molar-refractivity contribution in [3.8, 4) is 5.75 Å². The van der Waals surface area contributed by atoms with E-state index in [1.807, 2.05) is 0 Å². The van der Waals surface area contributed by atoms with E-state index in [9.17, 15) is 31.5 Å². The third-order valence-corrected chi connectivity index (χ3v) is 6.81. The highest BCUT2D eigenvalue weighted by Gasteiger charge is 2.38. The second kappa shape index (κ2) is 10.6. The zero-order valence-electron chi connectivity index (χ0n) is 19.1. The number of hydrogen-bond acceptors (Lipinski definition) is 5. The summed E-state index contributed by atoms with van der Waals surface area (Å²) in [5, 5.41) is 8.60. The van der Waals surface area contributed by atoms with E-state index in [0.717, 1.165) is 25.0 Å². The van der Waals surface area contributed by atoms with Gasteiger partial charge in [0.1, 0.15) is 5.82 Å². The molecule has 194 valence electrons. The number of amides is 2. The maximum atomic E-state index is 14.4. The second-order valence-electron chi connectivity index (χ2n) is 8.78. The number of alkyl halides is 3. The first kappa shape index (κ1) is 26.2. The first-order valence-electron chi connectivity index (χ1n) is 11.3. The Morgan fingerprint density at radius 3 is 2.53 bits per heavy atom. The van der Waals surface area contributed by atoms with Gasteiger partial charge in [-0.25, -0.2) is 8.78 Å². The van der Waals surface area contributed by atoms with Crippen LogP contribution in [0.2, 0.25) is 0 Å². The fourth-order valence-electron chi connectivity index (χ4n) is 4.21. The van der Waals surface area contributed by atoms with Gasteiger partial charge in [0.05, 0.1) is 36.7 Å². The average Bonchev–Trinajstić information content (AvgIpc) is 3.63. The molecule has 2 amide bonds. The van der Waals surface area contributed by atoms with Crippen LogP contribution in [0.15, 0.2) is 41.3 Å². The molecule has 2 fully saturated rings. The van der Waals surface area contributed by atoms with E-state index < -0.39 is 58.0 Å². The van der Waals surface area contributed by atoms with Crippen LogP contribution < -0.4 is 20.7 Å². The van der Waals surface area contributed by atoms with E-state index in [1.54, 1.807) is 6.07 Å². The van der Waals surface area contributed by atoms with Crippen LogP contribution in [0.1, 0.15) is 36.4 Å². The van der Waals surface area contributed by atoms with Crippen molar-refractivity contribution in [2.75, 3.05) is 7.11 Å². The number of carbonyl (C=O) groups is 2. The van der Waals surface area contributed by atoms with Crippen molar-refractivity contribution in [1.29, 1.82) is 0 Å². The van der Waals surface area contributed by atoms with Crippen molar-refractivity contribution < 1.29 is 36.3 Å². The summed E-state index contributed by atoms with van der Waals surface area (Å²) in [6, 6.07) is 6.36. The van der Waals surface area contributed by atoms with Gasteiger partial charge in [-0.1, -0.05) is 12.1 Å². The molecule has 3 N–H and O–H groups in total. The van der Waals surface area contributed by atoms with Gasteiger partial charge in [0.2, 0.25) is 11.8 Å². The molecule has 0 bridgehead atoms. The van der Waals surface area contributed by atoms with Crippen LogP contribution in [-0.4, -0.2) is 36.6 Å². The van der Waals surface area contributed by atoms with Crippen LogP contribution in [0.25, 0.3) is 0 Å². The van der Waals surface area contributed by atoms with E-state index in [2.05, 4.69) is 16.0 Å². The van der Waals surface area contributed by atoms with E-state index in [0.29, 0.717) is 11.1 Å². The van der Waals surface area contributed by atoms with Crippen molar-refractivity contribution in [3.63, 3.8) is 0 Å². The lowest BCUT2D eigenvalue weighted by molar-refractivity contribution is -0.132. The number of ether oxygens (including phenoxy) is 1. The van der Waals surface area contributed by atoms with Gasteiger partial charge in [0.25, 0.3) is 0 Å². The molecule has 3 atom stereocenters. The molecule has 4 rings (SSSR count). The molecule has 1 aliphatic heterocycles. The number of nitrogens with one attached hydrogen (secondary N) is 3. The largest absolute Gasteiger partial charge is 0.494 e. The molecule has 6 nitrogen and oxygen atoms in total. The Morgan fingerprint density at radius 2 is 1.92 bits per heavy atom. The van der Waals surface area contributed by atoms with Crippen LogP contribution in [0, 0.1) is 17.6 Å². The Hall–Kier alpha value is -2.86. The van der Waals surface area contributed by atoms with E-state index in [4.69, 9.17) is 4.74 Å². The lowest BCUT2D eigenvalue weighted by atomic mass is 10.00. The van der Waals surface area contributed by atoms with E-state index >= 15 is 0 Å². The maximum Gasteiger partial charge on any atom is 0.446 e. The third kappa shape index (κ3) is 6.67. The zero-order chi connectivity index (χ0) is 26.0. The highest BCUT2D eigenvalue weighted by molar-refractivity contribution is 8.00. The Labute approximate surface area is 208 Å². The van der Waals surface area contributed by atoms with Gasteiger partial charge in [-0.15, -0.1) is 0 Å². The number of methoxy groups -OCH3 is 1. The molecule has 36 heavy (non-hydrogen) atoms. The molecule has 0 spiro atoms. The fraction of sp³-hybridized carbons (Fsp3) is 0.417. The second-order valence-corrected chi connectivity index (χ2v) is 9.88. The highest BCUT2D eigenvalue weighted by Crippen LogP contribution is 2.43. The molecule has 1 saturated heterocycles. The van der Waals surface area contributed by atoms with Crippen LogP contribution in [0.3, 0.4) is 0 Å². The van der Waals surface area contributed by atoms with Gasteiger partial charge in [-0.3, -0.25) is 14.9 Å². The minimum atomic E-state index is -4.62. The molecule has 2 aromatic carbocycles. The summed E-state index contributed by atoms with van der Waals surface area (Å²) in [6.07, 6.45) is 0.995. The summed E-state index contributed by atoms with van der Waals surface area (Å²) in [4.78, 5) is 24.8. The standard InChI is InChI=1S/C24H24F5N3O3S/c1-35-18-6-2-12(8-15(18)25)9-20-30-17(11-21(33)31-20)23(34)32-22(13-3-4-13)14-5-7-19(16(26)10-14)36-24(27,28)29/h2,5-8,10,13,17,20,22,30H,3-4,9,11H2,1H3,(H,31,33)(H,32,34)/t17?,20?,22-/m1/s1. The molecule has 0 radical (unpaired) electrons. The van der Waals surface area contributed by atoms with E-state index in [1.165, 1.54) is 25.3 Å². The van der Waals surface area contributed by atoms with Crippen molar-refractivity contribution >= 4 is 23.6 Å². The predicted octanol–water partition coefficient (Wildman–Crippen LogP) is 4.20. The van der Waals surface area contributed by atoms with Gasteiger partial charge >= 0.3 is 5.51 Å². The SMILES string of the molecule is COc1ccc(CC2NC(=O)CC(C(=O)N[C@@H](c3ccc(SC(F)(F)F)c(F)c3)C3CC3)N2)cc1F. The highest BCUT2D eigenvalue weighted by atomic mass is 32.2. The smallest absolute Gasteiger partial charge is 0.446 e.